The number of nitrogens with zero attached hydrogens (tertiary/aromatic N) is 1. The molecule has 0 amide bonds. The Hall–Kier alpha value is -3.73. The van der Waals surface area contributed by atoms with Gasteiger partial charge in [-0.2, -0.15) is 0 Å². The molecule has 0 saturated carbocycles. The fourth-order valence-corrected chi connectivity index (χ4v) is 3.66. The summed E-state index contributed by atoms with van der Waals surface area (Å²) < 4.78 is 0. The van der Waals surface area contributed by atoms with Gasteiger partial charge in [-0.25, -0.2) is 0 Å². The molecule has 0 unspecified atom stereocenters. The van der Waals surface area contributed by atoms with Crippen LogP contribution in [0.3, 0.4) is 0 Å². The van der Waals surface area contributed by atoms with Crippen molar-refractivity contribution in [3.05, 3.63) is 122 Å². The molecule has 0 spiro atoms. The fourth-order valence-electron chi connectivity index (χ4n) is 3.66. The predicted molar refractivity (Wildman–Crippen MR) is 121 cm³/mol. The molecule has 1 aromatic heterocycles. The van der Waals surface area contributed by atoms with Gasteiger partial charge in [-0.15, -0.1) is 0 Å². The summed E-state index contributed by atoms with van der Waals surface area (Å²) >= 11 is 0. The molecule has 0 fully saturated rings. The van der Waals surface area contributed by atoms with E-state index in [1.807, 2.05) is 48.5 Å². The Balaban J connectivity index is 1.43. The predicted octanol–water partition coefficient (Wildman–Crippen LogP) is 3.92. The minimum Gasteiger partial charge on any atom is -0.380 e. The Morgan fingerprint density at radius 2 is 1.23 bits per heavy atom. The van der Waals surface area contributed by atoms with E-state index < -0.39 is 10.9 Å². The lowest BCUT2D eigenvalue weighted by Gasteiger charge is -2.20. The van der Waals surface area contributed by atoms with Crippen LogP contribution >= 0.6 is 0 Å². The number of aromatic nitrogens is 1. The SMILES string of the molecule is O=c1c(NCCC(c2ccccc2)c2ccccc2)c(NCc2ccncc2)c1=O. The van der Waals surface area contributed by atoms with Crippen LogP contribution in [-0.2, 0) is 6.54 Å². The molecule has 0 aliphatic carbocycles. The Morgan fingerprint density at radius 1 is 0.700 bits per heavy atom. The van der Waals surface area contributed by atoms with Gasteiger partial charge in [0.1, 0.15) is 11.4 Å². The third kappa shape index (κ3) is 4.30. The topological polar surface area (TPSA) is 71.1 Å². The number of pyridine rings is 1. The highest BCUT2D eigenvalue weighted by atomic mass is 16.2. The first-order valence-corrected chi connectivity index (χ1v) is 10.0. The summed E-state index contributed by atoms with van der Waals surface area (Å²) in [5.41, 5.74) is 3.29. The lowest BCUT2D eigenvalue weighted by atomic mass is 9.88. The Kier molecular flexibility index (Phi) is 5.99. The molecule has 5 heteroatoms. The minimum atomic E-state index is -0.464. The first kappa shape index (κ1) is 19.6. The summed E-state index contributed by atoms with van der Waals surface area (Å²) in [6, 6.07) is 24.4. The van der Waals surface area contributed by atoms with Crippen molar-refractivity contribution in [1.29, 1.82) is 0 Å². The van der Waals surface area contributed by atoms with E-state index in [4.69, 9.17) is 0 Å². The van der Waals surface area contributed by atoms with Crippen molar-refractivity contribution in [2.45, 2.75) is 18.9 Å². The zero-order chi connectivity index (χ0) is 20.8. The second kappa shape index (κ2) is 9.18. The summed E-state index contributed by atoms with van der Waals surface area (Å²) in [4.78, 5) is 28.1. The highest BCUT2D eigenvalue weighted by Crippen LogP contribution is 2.28. The number of hydrogen-bond donors (Lipinski definition) is 2. The normalized spacial score (nSPS) is 11.0. The number of benzene rings is 2. The molecule has 0 bridgehead atoms. The third-order valence-corrected chi connectivity index (χ3v) is 5.27. The molecule has 0 aliphatic rings. The van der Waals surface area contributed by atoms with Gasteiger partial charge in [-0.1, -0.05) is 60.7 Å². The standard InChI is InChI=1S/C25H23N3O2/c29-24-22(23(25(24)30)28-17-18-11-14-26-15-12-18)27-16-13-21(19-7-3-1-4-8-19)20-9-5-2-6-10-20/h1-12,14-15,21,27-28H,13,16-17H2. The van der Waals surface area contributed by atoms with Gasteiger partial charge in [0, 0.05) is 31.4 Å². The Bertz CT molecular complexity index is 1110. The zero-order valence-electron chi connectivity index (χ0n) is 16.5. The average molecular weight is 397 g/mol. The van der Waals surface area contributed by atoms with E-state index in [0.717, 1.165) is 12.0 Å². The number of anilines is 2. The van der Waals surface area contributed by atoms with Crippen molar-refractivity contribution in [3.8, 4) is 0 Å². The van der Waals surface area contributed by atoms with Crippen LogP contribution < -0.4 is 21.5 Å². The van der Waals surface area contributed by atoms with Crippen LogP contribution in [0.4, 0.5) is 11.4 Å². The molecule has 0 radical (unpaired) electrons. The molecule has 0 atom stereocenters. The smallest absolute Gasteiger partial charge is 0.253 e. The van der Waals surface area contributed by atoms with Gasteiger partial charge in [0.15, 0.2) is 0 Å². The summed E-state index contributed by atoms with van der Waals surface area (Å²) in [7, 11) is 0. The van der Waals surface area contributed by atoms with Gasteiger partial charge in [-0.3, -0.25) is 14.6 Å². The van der Waals surface area contributed by atoms with Crippen LogP contribution in [0.5, 0.6) is 0 Å². The van der Waals surface area contributed by atoms with Crippen LogP contribution in [0.25, 0.3) is 0 Å². The molecule has 1 heterocycles. The molecule has 150 valence electrons. The Morgan fingerprint density at radius 3 is 1.80 bits per heavy atom. The van der Waals surface area contributed by atoms with E-state index in [0.29, 0.717) is 24.5 Å². The van der Waals surface area contributed by atoms with Crippen molar-refractivity contribution in [2.75, 3.05) is 17.2 Å². The van der Waals surface area contributed by atoms with E-state index >= 15 is 0 Å². The quantitative estimate of drug-likeness (QED) is 0.419. The van der Waals surface area contributed by atoms with Crippen LogP contribution in [0, 0.1) is 0 Å². The average Bonchev–Trinajstić information content (AvgIpc) is 2.82. The highest BCUT2D eigenvalue weighted by Gasteiger charge is 2.21. The summed E-state index contributed by atoms with van der Waals surface area (Å²) in [5, 5.41) is 6.28. The van der Waals surface area contributed by atoms with Gasteiger partial charge in [0.25, 0.3) is 10.9 Å². The van der Waals surface area contributed by atoms with E-state index in [2.05, 4.69) is 39.9 Å². The lowest BCUT2D eigenvalue weighted by Crippen LogP contribution is -2.37. The highest BCUT2D eigenvalue weighted by molar-refractivity contribution is 5.74. The van der Waals surface area contributed by atoms with Crippen molar-refractivity contribution in [3.63, 3.8) is 0 Å². The maximum atomic E-state index is 12.1. The first-order chi connectivity index (χ1) is 14.7. The van der Waals surface area contributed by atoms with Crippen LogP contribution in [-0.4, -0.2) is 11.5 Å². The van der Waals surface area contributed by atoms with Gasteiger partial charge in [0.05, 0.1) is 0 Å². The fraction of sp³-hybridized carbons (Fsp3) is 0.160. The summed E-state index contributed by atoms with van der Waals surface area (Å²) in [6.45, 7) is 1.06. The second-order valence-electron chi connectivity index (χ2n) is 7.21. The van der Waals surface area contributed by atoms with Crippen molar-refractivity contribution in [2.24, 2.45) is 0 Å². The number of nitrogens with one attached hydrogen (secondary N) is 2. The largest absolute Gasteiger partial charge is 0.380 e. The van der Waals surface area contributed by atoms with Gasteiger partial charge >= 0.3 is 0 Å². The molecule has 2 N–H and O–H groups in total. The molecule has 0 saturated heterocycles. The first-order valence-electron chi connectivity index (χ1n) is 10.0. The minimum absolute atomic E-state index is 0.208. The number of hydrogen-bond acceptors (Lipinski definition) is 5. The molecule has 3 aromatic carbocycles. The zero-order valence-corrected chi connectivity index (χ0v) is 16.5. The Labute approximate surface area is 175 Å². The number of rotatable bonds is 9. The summed E-state index contributed by atoms with van der Waals surface area (Å²) in [6.07, 6.45) is 4.20. The van der Waals surface area contributed by atoms with E-state index in [1.165, 1.54) is 11.1 Å². The molecule has 30 heavy (non-hydrogen) atoms. The van der Waals surface area contributed by atoms with Crippen molar-refractivity contribution >= 4 is 11.4 Å². The lowest BCUT2D eigenvalue weighted by molar-refractivity contribution is 0.744. The second-order valence-corrected chi connectivity index (χ2v) is 7.21. The van der Waals surface area contributed by atoms with E-state index in [1.54, 1.807) is 12.4 Å². The summed E-state index contributed by atoms with van der Waals surface area (Å²) in [5.74, 6) is 0.208. The van der Waals surface area contributed by atoms with Crippen molar-refractivity contribution in [1.82, 2.24) is 4.98 Å². The molecular formula is C25H23N3O2. The molecule has 4 rings (SSSR count). The van der Waals surface area contributed by atoms with Crippen LogP contribution in [0.15, 0.2) is 94.8 Å². The monoisotopic (exact) mass is 397 g/mol. The molecule has 5 nitrogen and oxygen atoms in total. The molecule has 0 aliphatic heterocycles. The maximum absolute atomic E-state index is 12.1. The van der Waals surface area contributed by atoms with Gasteiger partial charge < -0.3 is 10.6 Å². The van der Waals surface area contributed by atoms with E-state index in [-0.39, 0.29) is 5.92 Å². The van der Waals surface area contributed by atoms with E-state index in [9.17, 15) is 9.59 Å². The maximum Gasteiger partial charge on any atom is 0.253 e. The third-order valence-electron chi connectivity index (χ3n) is 5.27. The van der Waals surface area contributed by atoms with Gasteiger partial charge in [0.2, 0.25) is 0 Å². The van der Waals surface area contributed by atoms with Gasteiger partial charge in [-0.05, 0) is 35.2 Å². The molecular weight excluding hydrogens is 374 g/mol. The molecule has 4 aromatic rings. The van der Waals surface area contributed by atoms with Crippen LogP contribution in [0.1, 0.15) is 29.0 Å². The van der Waals surface area contributed by atoms with Crippen LogP contribution in [0.2, 0.25) is 0 Å². The van der Waals surface area contributed by atoms with Crippen molar-refractivity contribution < 1.29 is 0 Å².